The largest absolute Gasteiger partial charge is 0.480 e. The van der Waals surface area contributed by atoms with E-state index in [-0.39, 0.29) is 19.2 Å². The summed E-state index contributed by atoms with van der Waals surface area (Å²) < 4.78 is 1.97. The molecule has 0 aliphatic carbocycles. The predicted octanol–water partition coefficient (Wildman–Crippen LogP) is 1.50. The lowest BCUT2D eigenvalue weighted by molar-refractivity contribution is -0.138. The SMILES string of the molecule is CCC(c1nc2ccccc2n1CCO)N(C)CC(=O)O. The van der Waals surface area contributed by atoms with Crippen LogP contribution in [0.1, 0.15) is 25.2 Å². The van der Waals surface area contributed by atoms with Gasteiger partial charge in [0.25, 0.3) is 0 Å². The van der Waals surface area contributed by atoms with E-state index < -0.39 is 5.97 Å². The van der Waals surface area contributed by atoms with Crippen molar-refractivity contribution in [2.24, 2.45) is 0 Å². The Morgan fingerprint density at radius 3 is 2.76 bits per heavy atom. The molecule has 0 amide bonds. The average Bonchev–Trinajstić information content (AvgIpc) is 2.78. The fourth-order valence-electron chi connectivity index (χ4n) is 2.70. The van der Waals surface area contributed by atoms with Crippen molar-refractivity contribution in [3.05, 3.63) is 30.1 Å². The molecule has 6 heteroatoms. The summed E-state index contributed by atoms with van der Waals surface area (Å²) in [6.45, 7) is 2.44. The number of carboxylic acid groups (broad SMARTS) is 1. The van der Waals surface area contributed by atoms with Crippen LogP contribution in [0.3, 0.4) is 0 Å². The molecule has 114 valence electrons. The molecule has 0 saturated heterocycles. The second-order valence-electron chi connectivity index (χ2n) is 5.07. The molecule has 1 unspecified atom stereocenters. The molecular weight excluding hydrogens is 270 g/mol. The first-order valence-corrected chi connectivity index (χ1v) is 7.06. The molecule has 0 saturated carbocycles. The van der Waals surface area contributed by atoms with Crippen LogP contribution in [-0.4, -0.2) is 50.8 Å². The van der Waals surface area contributed by atoms with Gasteiger partial charge in [0.1, 0.15) is 5.82 Å². The van der Waals surface area contributed by atoms with Crippen molar-refractivity contribution in [1.29, 1.82) is 0 Å². The molecule has 0 aliphatic rings. The van der Waals surface area contributed by atoms with E-state index in [0.717, 1.165) is 23.3 Å². The Balaban J connectivity index is 2.46. The molecule has 0 aliphatic heterocycles. The number of para-hydroxylation sites is 2. The first-order valence-electron chi connectivity index (χ1n) is 7.06. The number of nitrogens with zero attached hydrogens (tertiary/aromatic N) is 3. The fraction of sp³-hybridized carbons (Fsp3) is 0.467. The topological polar surface area (TPSA) is 78.6 Å². The van der Waals surface area contributed by atoms with Crippen molar-refractivity contribution >= 4 is 17.0 Å². The highest BCUT2D eigenvalue weighted by atomic mass is 16.4. The number of carbonyl (C=O) groups is 1. The number of aliphatic hydroxyl groups is 1. The summed E-state index contributed by atoms with van der Waals surface area (Å²) in [5.74, 6) is -0.0581. The van der Waals surface area contributed by atoms with Crippen LogP contribution in [0, 0.1) is 0 Å². The van der Waals surface area contributed by atoms with E-state index in [4.69, 9.17) is 5.11 Å². The normalized spacial score (nSPS) is 13.0. The van der Waals surface area contributed by atoms with Gasteiger partial charge < -0.3 is 14.8 Å². The molecule has 1 aromatic carbocycles. The lowest BCUT2D eigenvalue weighted by atomic mass is 10.2. The number of rotatable bonds is 7. The second-order valence-corrected chi connectivity index (χ2v) is 5.07. The van der Waals surface area contributed by atoms with Gasteiger partial charge in [-0.05, 0) is 25.6 Å². The summed E-state index contributed by atoms with van der Waals surface area (Å²) in [6.07, 6.45) is 0.749. The maximum absolute atomic E-state index is 10.9. The molecule has 0 radical (unpaired) electrons. The molecule has 2 N–H and O–H groups in total. The molecular formula is C15H21N3O3. The van der Waals surface area contributed by atoms with Gasteiger partial charge in [-0.15, -0.1) is 0 Å². The quantitative estimate of drug-likeness (QED) is 0.808. The number of fused-ring (bicyclic) bond motifs is 1. The van der Waals surface area contributed by atoms with Crippen molar-refractivity contribution < 1.29 is 15.0 Å². The van der Waals surface area contributed by atoms with Gasteiger partial charge in [0.15, 0.2) is 0 Å². The third kappa shape index (κ3) is 3.22. The van der Waals surface area contributed by atoms with Crippen molar-refractivity contribution in [2.45, 2.75) is 25.9 Å². The zero-order valence-corrected chi connectivity index (χ0v) is 12.4. The molecule has 1 heterocycles. The molecule has 1 aromatic heterocycles. The van der Waals surface area contributed by atoms with E-state index >= 15 is 0 Å². The van der Waals surface area contributed by atoms with Gasteiger partial charge >= 0.3 is 5.97 Å². The minimum absolute atomic E-state index is 0.0203. The number of likely N-dealkylation sites (N-methyl/N-ethyl adjacent to an activating group) is 1. The zero-order valence-electron chi connectivity index (χ0n) is 12.4. The van der Waals surface area contributed by atoms with Crippen LogP contribution in [0.2, 0.25) is 0 Å². The van der Waals surface area contributed by atoms with E-state index in [1.807, 2.05) is 35.8 Å². The lowest BCUT2D eigenvalue weighted by Gasteiger charge is -2.25. The summed E-state index contributed by atoms with van der Waals surface area (Å²) >= 11 is 0. The first-order chi connectivity index (χ1) is 10.1. The Morgan fingerprint density at radius 1 is 1.43 bits per heavy atom. The minimum Gasteiger partial charge on any atom is -0.480 e. The summed E-state index contributed by atoms with van der Waals surface area (Å²) in [4.78, 5) is 17.4. The van der Waals surface area contributed by atoms with Crippen LogP contribution in [-0.2, 0) is 11.3 Å². The van der Waals surface area contributed by atoms with Crippen molar-refractivity contribution in [3.8, 4) is 0 Å². The summed E-state index contributed by atoms with van der Waals surface area (Å²) in [5.41, 5.74) is 1.83. The number of benzene rings is 1. The third-order valence-corrected chi connectivity index (χ3v) is 3.61. The van der Waals surface area contributed by atoms with Crippen LogP contribution in [0.25, 0.3) is 11.0 Å². The summed E-state index contributed by atoms with van der Waals surface area (Å²) in [5, 5.41) is 18.3. The second kappa shape index (κ2) is 6.69. The number of imidazole rings is 1. The van der Waals surface area contributed by atoms with E-state index in [2.05, 4.69) is 4.98 Å². The van der Waals surface area contributed by atoms with Gasteiger partial charge in [-0.1, -0.05) is 19.1 Å². The minimum atomic E-state index is -0.860. The molecule has 21 heavy (non-hydrogen) atoms. The number of hydrogen-bond acceptors (Lipinski definition) is 4. The van der Waals surface area contributed by atoms with Crippen LogP contribution < -0.4 is 0 Å². The third-order valence-electron chi connectivity index (χ3n) is 3.61. The van der Waals surface area contributed by atoms with Crippen LogP contribution >= 0.6 is 0 Å². The maximum atomic E-state index is 10.9. The molecule has 2 aromatic rings. The average molecular weight is 291 g/mol. The van der Waals surface area contributed by atoms with Gasteiger partial charge in [0.05, 0.1) is 30.2 Å². The van der Waals surface area contributed by atoms with Gasteiger partial charge in [-0.2, -0.15) is 0 Å². The highest BCUT2D eigenvalue weighted by Crippen LogP contribution is 2.26. The standard InChI is InChI=1S/C15H21N3O3/c1-3-12(17(2)10-14(20)21)15-16-11-6-4-5-7-13(11)18(15)8-9-19/h4-7,12,19H,3,8-10H2,1-2H3,(H,20,21). The van der Waals surface area contributed by atoms with E-state index in [0.29, 0.717) is 6.54 Å². The number of carboxylic acids is 1. The summed E-state index contributed by atoms with van der Waals surface area (Å²) in [7, 11) is 1.78. The number of aromatic nitrogens is 2. The Kier molecular flexibility index (Phi) is 4.93. The molecule has 0 fully saturated rings. The zero-order chi connectivity index (χ0) is 15.4. The molecule has 0 bridgehead atoms. The Hall–Kier alpha value is -1.92. The monoisotopic (exact) mass is 291 g/mol. The van der Waals surface area contributed by atoms with E-state index in [1.54, 1.807) is 11.9 Å². The fourth-order valence-corrected chi connectivity index (χ4v) is 2.70. The van der Waals surface area contributed by atoms with Gasteiger partial charge in [0.2, 0.25) is 0 Å². The number of hydrogen-bond donors (Lipinski definition) is 2. The molecule has 1 atom stereocenters. The molecule has 6 nitrogen and oxygen atoms in total. The van der Waals surface area contributed by atoms with Crippen molar-refractivity contribution in [3.63, 3.8) is 0 Å². The molecule has 0 spiro atoms. The van der Waals surface area contributed by atoms with Gasteiger partial charge in [-0.3, -0.25) is 9.69 Å². The van der Waals surface area contributed by atoms with Crippen LogP contribution in [0.5, 0.6) is 0 Å². The van der Waals surface area contributed by atoms with Gasteiger partial charge in [0, 0.05) is 6.54 Å². The summed E-state index contributed by atoms with van der Waals surface area (Å²) in [6, 6.07) is 7.65. The smallest absolute Gasteiger partial charge is 0.317 e. The van der Waals surface area contributed by atoms with Gasteiger partial charge in [-0.25, -0.2) is 4.98 Å². The highest BCUT2D eigenvalue weighted by Gasteiger charge is 2.23. The van der Waals surface area contributed by atoms with Crippen LogP contribution in [0.15, 0.2) is 24.3 Å². The highest BCUT2D eigenvalue weighted by molar-refractivity contribution is 5.76. The van der Waals surface area contributed by atoms with Crippen molar-refractivity contribution in [1.82, 2.24) is 14.5 Å². The van der Waals surface area contributed by atoms with Crippen LogP contribution in [0.4, 0.5) is 0 Å². The Labute approximate surface area is 123 Å². The lowest BCUT2D eigenvalue weighted by Crippen LogP contribution is -2.31. The van der Waals surface area contributed by atoms with E-state index in [9.17, 15) is 9.90 Å². The predicted molar refractivity (Wildman–Crippen MR) is 80.1 cm³/mol. The van der Waals surface area contributed by atoms with Crippen molar-refractivity contribution in [2.75, 3.05) is 20.2 Å². The number of aliphatic hydroxyl groups excluding tert-OH is 1. The van der Waals surface area contributed by atoms with E-state index in [1.165, 1.54) is 0 Å². The Bertz CT molecular complexity index is 624. The molecule has 2 rings (SSSR count). The first kappa shape index (κ1) is 15.5. The Morgan fingerprint density at radius 2 is 2.14 bits per heavy atom. The number of aliphatic carboxylic acids is 1. The maximum Gasteiger partial charge on any atom is 0.317 e.